The minimum atomic E-state index is -0.904. The number of carbonyl (C=O) groups excluding carboxylic acids is 1. The third kappa shape index (κ3) is 3.28. The molecule has 2 aliphatic carbocycles. The number of fused-ring (bicyclic) bond motifs is 1. The average molecular weight is 417 g/mol. The van der Waals surface area contributed by atoms with Gasteiger partial charge in [0.05, 0.1) is 5.69 Å². The van der Waals surface area contributed by atoms with Crippen LogP contribution in [0.2, 0.25) is 0 Å². The van der Waals surface area contributed by atoms with Gasteiger partial charge in [-0.3, -0.25) is 4.79 Å². The monoisotopic (exact) mass is 417 g/mol. The maximum Gasteiger partial charge on any atom is 0.270 e. The van der Waals surface area contributed by atoms with Gasteiger partial charge in [-0.25, -0.2) is 8.78 Å². The van der Waals surface area contributed by atoms with Gasteiger partial charge >= 0.3 is 0 Å². The Morgan fingerprint density at radius 1 is 1.13 bits per heavy atom. The van der Waals surface area contributed by atoms with Crippen molar-refractivity contribution in [2.75, 3.05) is 5.32 Å². The predicted molar refractivity (Wildman–Crippen MR) is 116 cm³/mol. The Morgan fingerprint density at radius 2 is 1.90 bits per heavy atom. The van der Waals surface area contributed by atoms with Gasteiger partial charge in [0.15, 0.2) is 17.5 Å². The summed E-state index contributed by atoms with van der Waals surface area (Å²) in [5, 5.41) is 7.91. The fourth-order valence-electron chi connectivity index (χ4n) is 4.23. The highest BCUT2D eigenvalue weighted by atomic mass is 19.2. The number of hydrogen-bond donors (Lipinski definition) is 1. The molecule has 2 aromatic carbocycles. The number of nitrogens with one attached hydrogen (secondary N) is 1. The first-order chi connectivity index (χ1) is 15.0. The summed E-state index contributed by atoms with van der Waals surface area (Å²) >= 11 is 0. The number of aromatic nitrogens is 2. The van der Waals surface area contributed by atoms with E-state index in [1.807, 2.05) is 42.5 Å². The third-order valence-corrected chi connectivity index (χ3v) is 6.03. The van der Waals surface area contributed by atoms with Crippen LogP contribution in [-0.2, 0) is 11.8 Å². The van der Waals surface area contributed by atoms with Crippen molar-refractivity contribution in [2.24, 2.45) is 0 Å². The number of rotatable bonds is 5. The molecule has 1 heterocycles. The molecule has 1 unspecified atom stereocenters. The average Bonchev–Trinajstić information content (AvgIpc) is 3.55. The summed E-state index contributed by atoms with van der Waals surface area (Å²) in [4.78, 5) is 12.6. The Kier molecular flexibility index (Phi) is 4.58. The van der Waals surface area contributed by atoms with Crippen molar-refractivity contribution >= 4 is 17.8 Å². The first kappa shape index (κ1) is 19.4. The molecule has 6 heteroatoms. The lowest BCUT2D eigenvalue weighted by molar-refractivity contribution is 0.0950. The molecule has 0 aliphatic heterocycles. The van der Waals surface area contributed by atoms with Gasteiger partial charge in [-0.15, -0.1) is 5.10 Å². The second-order valence-corrected chi connectivity index (χ2v) is 8.06. The molecule has 1 saturated carbocycles. The van der Waals surface area contributed by atoms with Crippen molar-refractivity contribution in [3.05, 3.63) is 101 Å². The van der Waals surface area contributed by atoms with Crippen LogP contribution in [0.5, 0.6) is 0 Å². The van der Waals surface area contributed by atoms with Crippen LogP contribution in [0.4, 0.5) is 14.6 Å². The first-order valence-corrected chi connectivity index (χ1v) is 10.3. The van der Waals surface area contributed by atoms with E-state index in [4.69, 9.17) is 0 Å². The Balaban J connectivity index is 1.70. The standard InChI is InChI=1S/C25H21F2N3O/c1-2-23(31)30-22-15-25(16-6-4-3-5-7-16,17-8-11-20(26)21(27)14-17)13-12-19(22)24(29-30)28-18-9-10-18/h2-8,11-14,18H,1,9-10,15H2,(H,28,29). The fourth-order valence-corrected chi connectivity index (χ4v) is 4.23. The summed E-state index contributed by atoms with van der Waals surface area (Å²) in [6.45, 7) is 3.60. The number of carbonyl (C=O) groups is 1. The molecule has 5 rings (SSSR count). The Morgan fingerprint density at radius 3 is 2.58 bits per heavy atom. The molecule has 3 aromatic rings. The topological polar surface area (TPSA) is 46.9 Å². The van der Waals surface area contributed by atoms with Crippen LogP contribution in [0, 0.1) is 11.6 Å². The van der Waals surface area contributed by atoms with Gasteiger partial charge in [0.1, 0.15) is 0 Å². The van der Waals surface area contributed by atoms with Gasteiger partial charge < -0.3 is 5.32 Å². The van der Waals surface area contributed by atoms with Crippen molar-refractivity contribution in [2.45, 2.75) is 30.7 Å². The van der Waals surface area contributed by atoms with Crippen molar-refractivity contribution in [1.82, 2.24) is 9.78 Å². The molecule has 1 fully saturated rings. The Labute approximate surface area is 178 Å². The maximum atomic E-state index is 14.2. The lowest BCUT2D eigenvalue weighted by atomic mass is 9.68. The number of benzene rings is 2. The quantitative estimate of drug-likeness (QED) is 0.587. The van der Waals surface area contributed by atoms with Crippen molar-refractivity contribution < 1.29 is 13.6 Å². The molecule has 0 amide bonds. The van der Waals surface area contributed by atoms with E-state index >= 15 is 0 Å². The van der Waals surface area contributed by atoms with E-state index in [2.05, 4.69) is 17.0 Å². The van der Waals surface area contributed by atoms with Crippen LogP contribution in [0.25, 0.3) is 6.08 Å². The number of allylic oxidation sites excluding steroid dienone is 2. The zero-order chi connectivity index (χ0) is 21.6. The molecule has 0 radical (unpaired) electrons. The van der Waals surface area contributed by atoms with E-state index in [9.17, 15) is 13.6 Å². The number of anilines is 1. The fraction of sp³-hybridized carbons (Fsp3) is 0.200. The zero-order valence-corrected chi connectivity index (χ0v) is 16.8. The number of halogens is 2. The highest BCUT2D eigenvalue weighted by Crippen LogP contribution is 2.44. The molecule has 0 spiro atoms. The molecule has 1 aromatic heterocycles. The summed E-state index contributed by atoms with van der Waals surface area (Å²) in [5.74, 6) is -1.47. The number of nitrogens with zero attached hydrogens (tertiary/aromatic N) is 2. The molecular weight excluding hydrogens is 396 g/mol. The van der Waals surface area contributed by atoms with Crippen LogP contribution in [0.1, 0.15) is 40.0 Å². The van der Waals surface area contributed by atoms with Crippen molar-refractivity contribution in [3.8, 4) is 0 Å². The summed E-state index contributed by atoms with van der Waals surface area (Å²) in [7, 11) is 0. The molecule has 4 nitrogen and oxygen atoms in total. The van der Waals surface area contributed by atoms with Gasteiger partial charge in [0.2, 0.25) is 0 Å². The SMILES string of the molecule is C=CC(=O)n1nc(NC2CC2)c2c1CC(c1ccccc1)(c1ccc(F)c(F)c1)C=C2. The minimum absolute atomic E-state index is 0.331. The highest BCUT2D eigenvalue weighted by Gasteiger charge is 2.39. The van der Waals surface area contributed by atoms with E-state index in [0.29, 0.717) is 29.5 Å². The minimum Gasteiger partial charge on any atom is -0.365 e. The highest BCUT2D eigenvalue weighted by molar-refractivity contribution is 5.91. The van der Waals surface area contributed by atoms with E-state index in [1.165, 1.54) is 16.8 Å². The summed E-state index contributed by atoms with van der Waals surface area (Å²) in [6, 6.07) is 14.0. The Hall–Kier alpha value is -3.54. The molecule has 0 saturated heterocycles. The molecular formula is C25H21F2N3O. The molecule has 31 heavy (non-hydrogen) atoms. The smallest absolute Gasteiger partial charge is 0.270 e. The van der Waals surface area contributed by atoms with Gasteiger partial charge in [0, 0.05) is 23.4 Å². The molecule has 156 valence electrons. The predicted octanol–water partition coefficient (Wildman–Crippen LogP) is 5.12. The molecule has 2 aliphatic rings. The molecule has 1 atom stereocenters. The largest absolute Gasteiger partial charge is 0.365 e. The summed E-state index contributed by atoms with van der Waals surface area (Å²) < 4.78 is 29.3. The van der Waals surface area contributed by atoms with Crippen LogP contribution in [0.15, 0.2) is 67.3 Å². The van der Waals surface area contributed by atoms with Crippen LogP contribution in [-0.4, -0.2) is 21.7 Å². The maximum absolute atomic E-state index is 14.2. The third-order valence-electron chi connectivity index (χ3n) is 6.03. The first-order valence-electron chi connectivity index (χ1n) is 10.3. The molecule has 0 bridgehead atoms. The lowest BCUT2D eigenvalue weighted by Crippen LogP contribution is -2.32. The van der Waals surface area contributed by atoms with Gasteiger partial charge in [-0.1, -0.05) is 55.1 Å². The van der Waals surface area contributed by atoms with E-state index < -0.39 is 17.0 Å². The van der Waals surface area contributed by atoms with E-state index in [0.717, 1.165) is 30.0 Å². The number of hydrogen-bond acceptors (Lipinski definition) is 3. The lowest BCUT2D eigenvalue weighted by Gasteiger charge is -2.35. The van der Waals surface area contributed by atoms with Crippen LogP contribution in [0.3, 0.4) is 0 Å². The Bertz CT molecular complexity index is 1210. The van der Waals surface area contributed by atoms with Gasteiger partial charge in [-0.2, -0.15) is 4.68 Å². The second-order valence-electron chi connectivity index (χ2n) is 8.06. The summed E-state index contributed by atoms with van der Waals surface area (Å²) in [6.07, 6.45) is 7.67. The molecule has 1 N–H and O–H groups in total. The van der Waals surface area contributed by atoms with E-state index in [1.54, 1.807) is 6.07 Å². The van der Waals surface area contributed by atoms with Gasteiger partial charge in [-0.05, 0) is 42.2 Å². The second kappa shape index (κ2) is 7.30. The van der Waals surface area contributed by atoms with Crippen LogP contribution < -0.4 is 5.32 Å². The van der Waals surface area contributed by atoms with Gasteiger partial charge in [0.25, 0.3) is 5.91 Å². The van der Waals surface area contributed by atoms with Crippen molar-refractivity contribution in [1.29, 1.82) is 0 Å². The normalized spacial score (nSPS) is 19.7. The summed E-state index contributed by atoms with van der Waals surface area (Å²) in [5.41, 5.74) is 2.30. The van der Waals surface area contributed by atoms with E-state index in [-0.39, 0.29) is 5.91 Å². The van der Waals surface area contributed by atoms with Crippen LogP contribution >= 0.6 is 0 Å². The van der Waals surface area contributed by atoms with Crippen molar-refractivity contribution in [3.63, 3.8) is 0 Å². The zero-order valence-electron chi connectivity index (χ0n) is 16.8.